The Balaban J connectivity index is 2.13. The summed E-state index contributed by atoms with van der Waals surface area (Å²) in [4.78, 5) is 13.9. The van der Waals surface area contributed by atoms with Gasteiger partial charge in [-0.05, 0) is 48.7 Å². The Morgan fingerprint density at radius 1 is 1.19 bits per heavy atom. The minimum atomic E-state index is -3.68. The van der Waals surface area contributed by atoms with Crippen LogP contribution in [0.15, 0.2) is 47.4 Å². The molecule has 146 valence electrons. The maximum Gasteiger partial charge on any atom is 0.240 e. The second kappa shape index (κ2) is 9.01. The number of ether oxygens (including phenoxy) is 1. The lowest BCUT2D eigenvalue weighted by atomic mass is 10.1. The molecule has 0 heterocycles. The molecule has 0 aliphatic rings. The van der Waals surface area contributed by atoms with Gasteiger partial charge in [-0.2, -0.15) is 0 Å². The number of anilines is 1. The number of benzene rings is 2. The lowest BCUT2D eigenvalue weighted by molar-refractivity contribution is -0.116. The number of carbonyl (C=O) groups is 1. The molecule has 0 aliphatic carbocycles. The number of hydrogen-bond acceptors (Lipinski definition) is 4. The van der Waals surface area contributed by atoms with Crippen LogP contribution in [0.3, 0.4) is 0 Å². The highest BCUT2D eigenvalue weighted by molar-refractivity contribution is 7.89. The third kappa shape index (κ3) is 5.08. The lowest BCUT2D eigenvalue weighted by Gasteiger charge is -2.24. The van der Waals surface area contributed by atoms with E-state index in [1.807, 2.05) is 31.2 Å². The monoisotopic (exact) mass is 390 g/mol. The molecule has 0 saturated heterocycles. The van der Waals surface area contributed by atoms with E-state index in [1.54, 1.807) is 24.0 Å². The first kappa shape index (κ1) is 20.9. The molecule has 0 aromatic heterocycles. The van der Waals surface area contributed by atoms with E-state index in [0.717, 1.165) is 17.7 Å². The fourth-order valence-electron chi connectivity index (χ4n) is 2.94. The lowest BCUT2D eigenvalue weighted by Crippen LogP contribution is -2.38. The molecule has 0 atom stereocenters. The quantitative estimate of drug-likeness (QED) is 0.752. The van der Waals surface area contributed by atoms with Crippen LogP contribution < -0.4 is 14.4 Å². The average molecular weight is 391 g/mol. The molecule has 0 unspecified atom stereocenters. The van der Waals surface area contributed by atoms with Gasteiger partial charge in [0.2, 0.25) is 15.9 Å². The Kier molecular flexibility index (Phi) is 6.98. The van der Waals surface area contributed by atoms with Crippen LogP contribution in [0.5, 0.6) is 5.75 Å². The van der Waals surface area contributed by atoms with Crippen molar-refractivity contribution < 1.29 is 17.9 Å². The molecule has 0 radical (unpaired) electrons. The number of nitrogens with zero attached hydrogens (tertiary/aromatic N) is 1. The third-order valence-electron chi connectivity index (χ3n) is 4.34. The van der Waals surface area contributed by atoms with E-state index in [1.165, 1.54) is 20.1 Å². The van der Waals surface area contributed by atoms with Crippen LogP contribution in [-0.2, 0) is 21.2 Å². The maximum atomic E-state index is 12.6. The van der Waals surface area contributed by atoms with Crippen LogP contribution in [0.25, 0.3) is 0 Å². The molecule has 6 nitrogen and oxygen atoms in total. The molecule has 1 N–H and O–H groups in total. The minimum Gasteiger partial charge on any atom is -0.497 e. The summed E-state index contributed by atoms with van der Waals surface area (Å²) in [6.45, 7) is 5.59. The summed E-state index contributed by atoms with van der Waals surface area (Å²) < 4.78 is 32.9. The van der Waals surface area contributed by atoms with Crippen LogP contribution in [0.1, 0.15) is 25.0 Å². The van der Waals surface area contributed by atoms with Gasteiger partial charge in [0.15, 0.2) is 0 Å². The van der Waals surface area contributed by atoms with Crippen LogP contribution in [0.4, 0.5) is 5.69 Å². The Labute approximate surface area is 161 Å². The number of nitrogens with one attached hydrogen (secondary N) is 1. The van der Waals surface area contributed by atoms with Crippen LogP contribution >= 0.6 is 0 Å². The van der Waals surface area contributed by atoms with Gasteiger partial charge in [0.05, 0.1) is 12.0 Å². The van der Waals surface area contributed by atoms with E-state index >= 15 is 0 Å². The predicted octanol–water partition coefficient (Wildman–Crippen LogP) is 2.90. The van der Waals surface area contributed by atoms with Crippen molar-refractivity contribution in [3.05, 3.63) is 53.6 Å². The zero-order valence-corrected chi connectivity index (χ0v) is 17.0. The largest absolute Gasteiger partial charge is 0.497 e. The zero-order valence-electron chi connectivity index (χ0n) is 16.2. The molecule has 0 aliphatic heterocycles. The first-order valence-corrected chi connectivity index (χ1v) is 10.3. The van der Waals surface area contributed by atoms with E-state index in [4.69, 9.17) is 4.74 Å². The van der Waals surface area contributed by atoms with Crippen molar-refractivity contribution in [3.8, 4) is 5.75 Å². The van der Waals surface area contributed by atoms with Crippen molar-refractivity contribution in [3.63, 3.8) is 0 Å². The summed E-state index contributed by atoms with van der Waals surface area (Å²) in [5, 5.41) is 0. The van der Waals surface area contributed by atoms with Crippen LogP contribution in [0.2, 0.25) is 0 Å². The summed E-state index contributed by atoms with van der Waals surface area (Å²) >= 11 is 0. The fourth-order valence-corrected chi connectivity index (χ4v) is 4.19. The maximum absolute atomic E-state index is 12.6. The second-order valence-electron chi connectivity index (χ2n) is 6.18. The van der Waals surface area contributed by atoms with Gasteiger partial charge in [0.25, 0.3) is 0 Å². The number of carbonyl (C=O) groups excluding carboxylic acids is 1. The molecule has 0 spiro atoms. The molecule has 0 saturated carbocycles. The van der Waals surface area contributed by atoms with Gasteiger partial charge in [-0.15, -0.1) is 0 Å². The van der Waals surface area contributed by atoms with Crippen molar-refractivity contribution in [2.24, 2.45) is 0 Å². The number of rotatable bonds is 8. The van der Waals surface area contributed by atoms with Gasteiger partial charge in [-0.25, -0.2) is 13.1 Å². The Hall–Kier alpha value is -2.38. The van der Waals surface area contributed by atoms with E-state index in [0.29, 0.717) is 11.3 Å². The van der Waals surface area contributed by atoms with Crippen LogP contribution in [-0.4, -0.2) is 34.5 Å². The van der Waals surface area contributed by atoms with E-state index < -0.39 is 10.0 Å². The van der Waals surface area contributed by atoms with E-state index in [9.17, 15) is 13.2 Å². The molecule has 27 heavy (non-hydrogen) atoms. The zero-order chi connectivity index (χ0) is 20.0. The molecule has 2 aromatic rings. The van der Waals surface area contributed by atoms with Crippen molar-refractivity contribution in [2.75, 3.05) is 25.1 Å². The van der Waals surface area contributed by atoms with Crippen molar-refractivity contribution >= 4 is 21.6 Å². The fraction of sp³-hybridized carbons (Fsp3) is 0.350. The minimum absolute atomic E-state index is 0.116. The third-order valence-corrected chi connectivity index (χ3v) is 5.96. The van der Waals surface area contributed by atoms with Crippen LogP contribution in [0, 0.1) is 6.92 Å². The van der Waals surface area contributed by atoms with Gasteiger partial charge in [0.1, 0.15) is 5.75 Å². The molecule has 2 rings (SSSR count). The van der Waals surface area contributed by atoms with Gasteiger partial charge in [-0.1, -0.05) is 25.1 Å². The molecular weight excluding hydrogens is 364 g/mol. The van der Waals surface area contributed by atoms with Crippen molar-refractivity contribution in [2.45, 2.75) is 32.1 Å². The number of hydrogen-bond donors (Lipinski definition) is 1. The topological polar surface area (TPSA) is 75.7 Å². The number of sulfonamides is 1. The number of amides is 1. The number of aryl methyl sites for hydroxylation is 2. The average Bonchev–Trinajstić information content (AvgIpc) is 2.64. The Bertz CT molecular complexity index is 910. The number of para-hydroxylation sites is 1. The molecule has 1 amide bonds. The van der Waals surface area contributed by atoms with Gasteiger partial charge >= 0.3 is 0 Å². The van der Waals surface area contributed by atoms with Gasteiger partial charge in [0, 0.05) is 25.7 Å². The molecule has 2 aromatic carbocycles. The Morgan fingerprint density at radius 3 is 2.48 bits per heavy atom. The highest BCUT2D eigenvalue weighted by atomic mass is 32.2. The Morgan fingerprint density at radius 2 is 1.89 bits per heavy atom. The van der Waals surface area contributed by atoms with E-state index in [2.05, 4.69) is 4.72 Å². The standard InChI is InChI=1S/C20H26N2O4S/c1-5-17-8-6-7-9-19(17)22(16(3)23)13-12-21-27(24,25)20-11-10-18(26-4)14-15(20)2/h6-11,14,21H,5,12-13H2,1-4H3. The van der Waals surface area contributed by atoms with Crippen molar-refractivity contribution in [1.29, 1.82) is 0 Å². The normalized spacial score (nSPS) is 11.3. The summed E-state index contributed by atoms with van der Waals surface area (Å²) in [6.07, 6.45) is 0.788. The highest BCUT2D eigenvalue weighted by Crippen LogP contribution is 2.22. The van der Waals surface area contributed by atoms with E-state index in [-0.39, 0.29) is 23.9 Å². The summed E-state index contributed by atoms with van der Waals surface area (Å²) in [5.74, 6) is 0.473. The molecule has 0 bridgehead atoms. The molecule has 0 fully saturated rings. The van der Waals surface area contributed by atoms with Gasteiger partial charge in [-0.3, -0.25) is 4.79 Å². The highest BCUT2D eigenvalue weighted by Gasteiger charge is 2.19. The molecule has 7 heteroatoms. The smallest absolute Gasteiger partial charge is 0.240 e. The summed E-state index contributed by atoms with van der Waals surface area (Å²) in [5.41, 5.74) is 2.45. The van der Waals surface area contributed by atoms with Crippen molar-refractivity contribution in [1.82, 2.24) is 4.72 Å². The summed E-state index contributed by atoms with van der Waals surface area (Å²) in [7, 11) is -2.15. The number of methoxy groups -OCH3 is 1. The SMILES string of the molecule is CCc1ccccc1N(CCNS(=O)(=O)c1ccc(OC)cc1C)C(C)=O. The first-order valence-electron chi connectivity index (χ1n) is 8.80. The van der Waals surface area contributed by atoms with Gasteiger partial charge < -0.3 is 9.64 Å². The predicted molar refractivity (Wildman–Crippen MR) is 107 cm³/mol. The first-order chi connectivity index (χ1) is 12.8. The second-order valence-corrected chi connectivity index (χ2v) is 7.92. The summed E-state index contributed by atoms with van der Waals surface area (Å²) in [6, 6.07) is 12.4. The molecular formula is C20H26N2O4S.